The Morgan fingerprint density at radius 3 is 2.68 bits per heavy atom. The first kappa shape index (κ1) is 14.4. The van der Waals surface area contributed by atoms with Crippen molar-refractivity contribution in [1.29, 1.82) is 0 Å². The van der Waals surface area contributed by atoms with Crippen molar-refractivity contribution in [2.75, 3.05) is 0 Å². The zero-order chi connectivity index (χ0) is 15.7. The highest BCUT2D eigenvalue weighted by Crippen LogP contribution is 2.62. The van der Waals surface area contributed by atoms with Gasteiger partial charge in [-0.05, 0) is 61.0 Å². The van der Waals surface area contributed by atoms with Gasteiger partial charge in [-0.1, -0.05) is 26.0 Å². The van der Waals surface area contributed by atoms with E-state index >= 15 is 0 Å². The first-order valence-corrected chi connectivity index (χ1v) is 8.53. The Morgan fingerprint density at radius 1 is 1.14 bits per heavy atom. The van der Waals surface area contributed by atoms with Gasteiger partial charge in [0.15, 0.2) is 11.6 Å². The maximum absolute atomic E-state index is 12.8. The molecule has 2 fully saturated rings. The van der Waals surface area contributed by atoms with Crippen LogP contribution in [-0.2, 0) is 9.59 Å². The second kappa shape index (κ2) is 4.41. The average molecular weight is 300 g/mol. The monoisotopic (exact) mass is 300 g/mol. The minimum Gasteiger partial charge on any atom is -0.385 e. The van der Waals surface area contributed by atoms with Crippen LogP contribution in [0.2, 0.25) is 0 Å². The third-order valence-electron chi connectivity index (χ3n) is 7.23. The number of aliphatic hydroxyl groups excluding tert-OH is 1. The molecule has 0 heterocycles. The van der Waals surface area contributed by atoms with Crippen molar-refractivity contribution in [1.82, 2.24) is 0 Å². The smallest absolute Gasteiger partial charge is 0.167 e. The van der Waals surface area contributed by atoms with Crippen molar-refractivity contribution < 1.29 is 14.7 Å². The maximum Gasteiger partial charge on any atom is 0.167 e. The van der Waals surface area contributed by atoms with Gasteiger partial charge >= 0.3 is 0 Å². The fourth-order valence-corrected chi connectivity index (χ4v) is 5.84. The molecule has 0 bridgehead atoms. The zero-order valence-corrected chi connectivity index (χ0v) is 13.3. The lowest BCUT2D eigenvalue weighted by atomic mass is 9.48. The van der Waals surface area contributed by atoms with Gasteiger partial charge < -0.3 is 5.11 Å². The summed E-state index contributed by atoms with van der Waals surface area (Å²) in [5, 5.41) is 10.1. The van der Waals surface area contributed by atoms with Crippen LogP contribution in [0.3, 0.4) is 0 Å². The number of ketones is 2. The molecule has 0 amide bonds. The standard InChI is InChI=1S/C19H24O3/c1-18-7-4-3-5-11(18)9-14(20)16-12(18)6-8-19(2)13(16)10-15(21)17(19)22/h3,5,9,12-13,15-16,21H,4,6-8,10H2,1-2H3/t12-,13-,15+,16+,18-,19-/m0/s1. The van der Waals surface area contributed by atoms with Crippen molar-refractivity contribution in [3.05, 3.63) is 23.8 Å². The summed E-state index contributed by atoms with van der Waals surface area (Å²) < 4.78 is 0. The van der Waals surface area contributed by atoms with Crippen LogP contribution in [0.15, 0.2) is 23.8 Å². The van der Waals surface area contributed by atoms with Gasteiger partial charge in [0, 0.05) is 11.3 Å². The summed E-state index contributed by atoms with van der Waals surface area (Å²) in [5.74, 6) is 0.400. The number of rotatable bonds is 0. The largest absolute Gasteiger partial charge is 0.385 e. The van der Waals surface area contributed by atoms with E-state index in [9.17, 15) is 14.7 Å². The lowest BCUT2D eigenvalue weighted by Crippen LogP contribution is -2.52. The molecular formula is C19H24O3. The van der Waals surface area contributed by atoms with E-state index < -0.39 is 11.5 Å². The second-order valence-corrected chi connectivity index (χ2v) is 8.17. The summed E-state index contributed by atoms with van der Waals surface area (Å²) in [4.78, 5) is 25.2. The Balaban J connectivity index is 1.80. The van der Waals surface area contributed by atoms with Gasteiger partial charge in [-0.15, -0.1) is 0 Å². The summed E-state index contributed by atoms with van der Waals surface area (Å²) in [6, 6.07) is 0. The molecule has 0 aromatic carbocycles. The van der Waals surface area contributed by atoms with E-state index in [2.05, 4.69) is 19.1 Å². The summed E-state index contributed by atoms with van der Waals surface area (Å²) >= 11 is 0. The molecule has 2 saturated carbocycles. The number of carbonyl (C=O) groups is 2. The first-order chi connectivity index (χ1) is 10.4. The fourth-order valence-electron chi connectivity index (χ4n) is 5.84. The number of fused-ring (bicyclic) bond motifs is 5. The molecule has 4 aliphatic rings. The maximum atomic E-state index is 12.8. The Hall–Kier alpha value is -1.22. The molecular weight excluding hydrogens is 276 g/mol. The predicted molar refractivity (Wildman–Crippen MR) is 83.0 cm³/mol. The molecule has 118 valence electrons. The van der Waals surface area contributed by atoms with Crippen LogP contribution in [0.4, 0.5) is 0 Å². The molecule has 0 radical (unpaired) electrons. The Morgan fingerprint density at radius 2 is 1.91 bits per heavy atom. The molecule has 0 aromatic heterocycles. The molecule has 3 nitrogen and oxygen atoms in total. The summed E-state index contributed by atoms with van der Waals surface area (Å²) in [7, 11) is 0. The second-order valence-electron chi connectivity index (χ2n) is 8.17. The van der Waals surface area contributed by atoms with Gasteiger partial charge in [-0.3, -0.25) is 9.59 Å². The predicted octanol–water partition coefficient (Wildman–Crippen LogP) is 2.83. The van der Waals surface area contributed by atoms with Crippen molar-refractivity contribution in [3.8, 4) is 0 Å². The lowest BCUT2D eigenvalue weighted by molar-refractivity contribution is -0.140. The molecule has 0 aliphatic heterocycles. The van der Waals surface area contributed by atoms with Crippen molar-refractivity contribution in [2.45, 2.75) is 52.1 Å². The number of hydrogen-bond donors (Lipinski definition) is 1. The Bertz CT molecular complexity index is 616. The normalized spacial score (nSPS) is 50.2. The number of Topliss-reactive ketones (excluding diaryl/α,β-unsaturated/α-hetero) is 1. The fraction of sp³-hybridized carbons (Fsp3) is 0.684. The van der Waals surface area contributed by atoms with Crippen LogP contribution in [-0.4, -0.2) is 22.8 Å². The number of allylic oxidation sites excluding steroid dienone is 4. The van der Waals surface area contributed by atoms with E-state index in [1.165, 1.54) is 5.57 Å². The van der Waals surface area contributed by atoms with E-state index in [0.717, 1.165) is 25.7 Å². The lowest BCUT2D eigenvalue weighted by Gasteiger charge is -2.54. The van der Waals surface area contributed by atoms with E-state index in [-0.39, 0.29) is 28.8 Å². The SMILES string of the molecule is C[C@]12CCC=CC1=CC(=O)[C@@H]1[C@@H]2CC[C@]2(C)C(=O)[C@H](O)C[C@@H]12. The van der Waals surface area contributed by atoms with Gasteiger partial charge in [0.1, 0.15) is 6.10 Å². The number of hydrogen-bond acceptors (Lipinski definition) is 3. The minimum atomic E-state index is -0.869. The summed E-state index contributed by atoms with van der Waals surface area (Å²) in [5.41, 5.74) is 0.742. The zero-order valence-electron chi connectivity index (χ0n) is 13.3. The quantitative estimate of drug-likeness (QED) is 0.748. The summed E-state index contributed by atoms with van der Waals surface area (Å²) in [6.07, 6.45) is 9.61. The molecule has 22 heavy (non-hydrogen) atoms. The van der Waals surface area contributed by atoms with Crippen LogP contribution in [0.5, 0.6) is 0 Å². The van der Waals surface area contributed by atoms with Crippen LogP contribution in [0, 0.1) is 28.6 Å². The van der Waals surface area contributed by atoms with E-state index in [1.807, 2.05) is 13.0 Å². The summed E-state index contributed by atoms with van der Waals surface area (Å²) in [6.45, 7) is 4.27. The third kappa shape index (κ3) is 1.61. The molecule has 6 atom stereocenters. The molecule has 1 N–H and O–H groups in total. The van der Waals surface area contributed by atoms with E-state index in [4.69, 9.17) is 0 Å². The first-order valence-electron chi connectivity index (χ1n) is 8.53. The highest BCUT2D eigenvalue weighted by atomic mass is 16.3. The van der Waals surface area contributed by atoms with Crippen molar-refractivity contribution in [2.24, 2.45) is 28.6 Å². The molecule has 4 aliphatic carbocycles. The number of carbonyl (C=O) groups excluding carboxylic acids is 2. The topological polar surface area (TPSA) is 54.4 Å². The highest BCUT2D eigenvalue weighted by molar-refractivity contribution is 5.98. The molecule has 0 unspecified atom stereocenters. The van der Waals surface area contributed by atoms with Crippen LogP contribution in [0.25, 0.3) is 0 Å². The number of aliphatic hydroxyl groups is 1. The van der Waals surface area contributed by atoms with Crippen LogP contribution < -0.4 is 0 Å². The van der Waals surface area contributed by atoms with Gasteiger partial charge in [0.05, 0.1) is 0 Å². The Labute approximate surface area is 131 Å². The molecule has 0 saturated heterocycles. The molecule has 4 rings (SSSR count). The third-order valence-corrected chi connectivity index (χ3v) is 7.23. The van der Waals surface area contributed by atoms with Gasteiger partial charge in [-0.25, -0.2) is 0 Å². The van der Waals surface area contributed by atoms with Crippen LogP contribution in [0.1, 0.15) is 46.0 Å². The average Bonchev–Trinajstić information content (AvgIpc) is 2.71. The van der Waals surface area contributed by atoms with Crippen molar-refractivity contribution >= 4 is 11.6 Å². The minimum absolute atomic E-state index is 0.0155. The highest BCUT2D eigenvalue weighted by Gasteiger charge is 2.62. The molecule has 0 spiro atoms. The Kier molecular flexibility index (Phi) is 2.88. The van der Waals surface area contributed by atoms with Crippen molar-refractivity contribution in [3.63, 3.8) is 0 Å². The molecule has 0 aromatic rings. The van der Waals surface area contributed by atoms with E-state index in [1.54, 1.807) is 0 Å². The van der Waals surface area contributed by atoms with Gasteiger partial charge in [0.25, 0.3) is 0 Å². The van der Waals surface area contributed by atoms with E-state index in [0.29, 0.717) is 12.3 Å². The molecule has 3 heteroatoms. The van der Waals surface area contributed by atoms with Crippen LogP contribution >= 0.6 is 0 Å². The van der Waals surface area contributed by atoms with Gasteiger partial charge in [0.2, 0.25) is 0 Å². The van der Waals surface area contributed by atoms with Gasteiger partial charge in [-0.2, -0.15) is 0 Å².